The highest BCUT2D eigenvalue weighted by Crippen LogP contribution is 2.31. The number of nitrogens with two attached hydrogens (primary N) is 1. The minimum atomic E-state index is -0.314. The number of benzene rings is 1. The number of carbonyl (C=O) groups excluding carboxylic acids is 1. The maximum Gasteiger partial charge on any atom is 0.231 e. The Kier molecular flexibility index (Phi) is 3.64. The quantitative estimate of drug-likeness (QED) is 0.821. The van der Waals surface area contributed by atoms with Crippen LogP contribution in [0.4, 0.5) is 0 Å². The second-order valence-electron chi connectivity index (χ2n) is 4.36. The molecule has 0 radical (unpaired) electrons. The highest BCUT2D eigenvalue weighted by Gasteiger charge is 2.20. The third-order valence-corrected chi connectivity index (χ3v) is 3.19. The Bertz CT molecular complexity index is 418. The zero-order valence-electron chi connectivity index (χ0n) is 10.0. The van der Waals surface area contributed by atoms with Crippen molar-refractivity contribution in [1.82, 2.24) is 5.32 Å². The summed E-state index contributed by atoms with van der Waals surface area (Å²) in [5.74, 6) is 0.574. The monoisotopic (exact) mass is 234 g/mol. The lowest BCUT2D eigenvalue weighted by molar-refractivity contribution is -0.117. The molecule has 3 N–H and O–H groups in total. The first-order valence-electron chi connectivity index (χ1n) is 5.89. The van der Waals surface area contributed by atoms with Crippen molar-refractivity contribution in [3.8, 4) is 5.75 Å². The highest BCUT2D eigenvalue weighted by molar-refractivity contribution is 5.75. The summed E-state index contributed by atoms with van der Waals surface area (Å²) in [5, 5.41) is 3.20. The number of ether oxygens (including phenoxy) is 1. The van der Waals surface area contributed by atoms with Crippen LogP contribution in [0.25, 0.3) is 0 Å². The number of hydrogen-bond acceptors (Lipinski definition) is 3. The molecule has 1 amide bonds. The molecular formula is C13H18N2O2. The zero-order valence-corrected chi connectivity index (χ0v) is 10.0. The van der Waals surface area contributed by atoms with Gasteiger partial charge in [0.15, 0.2) is 0 Å². The second kappa shape index (κ2) is 5.19. The molecule has 0 aromatic heterocycles. The van der Waals surface area contributed by atoms with E-state index in [9.17, 15) is 4.79 Å². The molecule has 1 aromatic carbocycles. The normalized spacial score (nSPS) is 18.5. The van der Waals surface area contributed by atoms with Gasteiger partial charge in [0, 0.05) is 6.04 Å². The number of rotatable bonds is 4. The van der Waals surface area contributed by atoms with E-state index in [1.165, 1.54) is 11.1 Å². The van der Waals surface area contributed by atoms with Crippen LogP contribution in [0.5, 0.6) is 5.75 Å². The van der Waals surface area contributed by atoms with Crippen LogP contribution in [0.1, 0.15) is 30.0 Å². The number of hydrogen-bond donors (Lipinski definition) is 2. The minimum Gasteiger partial charge on any atom is -0.497 e. The topological polar surface area (TPSA) is 64.3 Å². The third-order valence-electron chi connectivity index (χ3n) is 3.19. The molecule has 1 atom stereocenters. The fourth-order valence-corrected chi connectivity index (χ4v) is 2.35. The van der Waals surface area contributed by atoms with Gasteiger partial charge >= 0.3 is 0 Å². The molecule has 4 heteroatoms. The lowest BCUT2D eigenvalue weighted by Crippen LogP contribution is -2.33. The van der Waals surface area contributed by atoms with Gasteiger partial charge < -0.3 is 15.8 Å². The lowest BCUT2D eigenvalue weighted by Gasteiger charge is -2.26. The predicted molar refractivity (Wildman–Crippen MR) is 65.9 cm³/mol. The van der Waals surface area contributed by atoms with Gasteiger partial charge in [0.25, 0.3) is 0 Å². The van der Waals surface area contributed by atoms with Gasteiger partial charge in [-0.25, -0.2) is 0 Å². The van der Waals surface area contributed by atoms with Crippen molar-refractivity contribution in [2.45, 2.75) is 25.3 Å². The van der Waals surface area contributed by atoms with E-state index >= 15 is 0 Å². The van der Waals surface area contributed by atoms with Crippen molar-refractivity contribution in [3.05, 3.63) is 29.3 Å². The van der Waals surface area contributed by atoms with E-state index in [-0.39, 0.29) is 18.5 Å². The van der Waals surface area contributed by atoms with Crippen LogP contribution in [0.3, 0.4) is 0 Å². The van der Waals surface area contributed by atoms with Crippen molar-refractivity contribution in [2.24, 2.45) is 5.73 Å². The summed E-state index contributed by atoms with van der Waals surface area (Å²) in [5.41, 5.74) is 7.72. The van der Waals surface area contributed by atoms with E-state index < -0.39 is 0 Å². The van der Waals surface area contributed by atoms with Crippen molar-refractivity contribution < 1.29 is 9.53 Å². The molecule has 1 aromatic rings. The van der Waals surface area contributed by atoms with E-state index in [1.54, 1.807) is 7.11 Å². The van der Waals surface area contributed by atoms with E-state index in [0.29, 0.717) is 0 Å². The molecular weight excluding hydrogens is 216 g/mol. The Hall–Kier alpha value is -1.55. The first-order valence-corrected chi connectivity index (χ1v) is 5.89. The summed E-state index contributed by atoms with van der Waals surface area (Å²) in [7, 11) is 1.67. The van der Waals surface area contributed by atoms with Crippen LogP contribution in [0, 0.1) is 0 Å². The maximum atomic E-state index is 10.8. The second-order valence-corrected chi connectivity index (χ2v) is 4.36. The van der Waals surface area contributed by atoms with E-state index in [4.69, 9.17) is 10.5 Å². The third kappa shape index (κ3) is 2.77. The van der Waals surface area contributed by atoms with Crippen LogP contribution in [0.2, 0.25) is 0 Å². The number of primary amides is 1. The lowest BCUT2D eigenvalue weighted by atomic mass is 9.87. The van der Waals surface area contributed by atoms with Crippen molar-refractivity contribution in [3.63, 3.8) is 0 Å². The maximum absolute atomic E-state index is 10.8. The fraction of sp³-hybridized carbons (Fsp3) is 0.462. The van der Waals surface area contributed by atoms with E-state index in [0.717, 1.165) is 25.0 Å². The largest absolute Gasteiger partial charge is 0.497 e. The predicted octanol–water partition coefficient (Wildman–Crippen LogP) is 1.15. The zero-order chi connectivity index (χ0) is 12.3. The number of amides is 1. The SMILES string of the molecule is COc1ccc2c(c1)CCCC2NCC(N)=O. The van der Waals surface area contributed by atoms with Crippen molar-refractivity contribution in [2.75, 3.05) is 13.7 Å². The van der Waals surface area contributed by atoms with Gasteiger partial charge in [-0.15, -0.1) is 0 Å². The molecule has 0 aliphatic heterocycles. The molecule has 92 valence electrons. The first-order chi connectivity index (χ1) is 8.20. The average Bonchev–Trinajstić information content (AvgIpc) is 2.35. The number of fused-ring (bicyclic) bond motifs is 1. The molecule has 1 aliphatic rings. The van der Waals surface area contributed by atoms with Crippen LogP contribution < -0.4 is 15.8 Å². The van der Waals surface area contributed by atoms with Gasteiger partial charge in [-0.1, -0.05) is 6.07 Å². The van der Waals surface area contributed by atoms with Gasteiger partial charge in [0.05, 0.1) is 13.7 Å². The average molecular weight is 234 g/mol. The molecule has 1 unspecified atom stereocenters. The highest BCUT2D eigenvalue weighted by atomic mass is 16.5. The molecule has 0 fully saturated rings. The van der Waals surface area contributed by atoms with Crippen molar-refractivity contribution >= 4 is 5.91 Å². The van der Waals surface area contributed by atoms with Crippen LogP contribution in [-0.2, 0) is 11.2 Å². The summed E-state index contributed by atoms with van der Waals surface area (Å²) in [4.78, 5) is 10.8. The smallest absolute Gasteiger partial charge is 0.231 e. The molecule has 2 rings (SSSR count). The Morgan fingerprint density at radius 1 is 1.59 bits per heavy atom. The summed E-state index contributed by atoms with van der Waals surface area (Å²) in [6, 6.07) is 6.35. The number of methoxy groups -OCH3 is 1. The van der Waals surface area contributed by atoms with Gasteiger partial charge in [-0.2, -0.15) is 0 Å². The molecule has 1 aliphatic carbocycles. The van der Waals surface area contributed by atoms with Crippen LogP contribution in [-0.4, -0.2) is 19.6 Å². The Morgan fingerprint density at radius 2 is 2.41 bits per heavy atom. The molecule has 0 spiro atoms. The number of aryl methyl sites for hydroxylation is 1. The van der Waals surface area contributed by atoms with Crippen molar-refractivity contribution in [1.29, 1.82) is 0 Å². The summed E-state index contributed by atoms with van der Waals surface area (Å²) >= 11 is 0. The molecule has 0 heterocycles. The molecule has 0 bridgehead atoms. The Labute approximate surface area is 101 Å². The minimum absolute atomic E-state index is 0.232. The van der Waals surface area contributed by atoms with Gasteiger partial charge in [-0.3, -0.25) is 4.79 Å². The van der Waals surface area contributed by atoms with Crippen LogP contribution in [0.15, 0.2) is 18.2 Å². The first kappa shape index (κ1) is 11.9. The van der Waals surface area contributed by atoms with Crippen LogP contribution >= 0.6 is 0 Å². The molecule has 0 saturated carbocycles. The molecule has 4 nitrogen and oxygen atoms in total. The number of carbonyl (C=O) groups is 1. The van der Waals surface area contributed by atoms with E-state index in [2.05, 4.69) is 17.4 Å². The van der Waals surface area contributed by atoms with Gasteiger partial charge in [0.2, 0.25) is 5.91 Å². The molecule has 17 heavy (non-hydrogen) atoms. The summed E-state index contributed by atoms with van der Waals surface area (Å²) in [6.07, 6.45) is 3.24. The Morgan fingerprint density at radius 3 is 3.12 bits per heavy atom. The van der Waals surface area contributed by atoms with Gasteiger partial charge in [0.1, 0.15) is 5.75 Å². The summed E-state index contributed by atoms with van der Waals surface area (Å²) in [6.45, 7) is 0.232. The standard InChI is InChI=1S/C13H18N2O2/c1-17-10-5-6-11-9(7-10)3-2-4-12(11)15-8-13(14)16/h5-7,12,15H,2-4,8H2,1H3,(H2,14,16). The van der Waals surface area contributed by atoms with E-state index in [1.807, 2.05) is 6.07 Å². The summed E-state index contributed by atoms with van der Waals surface area (Å²) < 4.78 is 5.22. The number of nitrogens with one attached hydrogen (secondary N) is 1. The van der Waals surface area contributed by atoms with Gasteiger partial charge in [-0.05, 0) is 42.5 Å². The fourth-order valence-electron chi connectivity index (χ4n) is 2.35. The molecule has 0 saturated heterocycles. The Balaban J connectivity index is 2.16.